The van der Waals surface area contributed by atoms with Crippen molar-refractivity contribution in [1.82, 2.24) is 8.96 Å². The second kappa shape index (κ2) is 5.63. The fraction of sp³-hybridized carbons (Fsp3) is 0.278. The summed E-state index contributed by atoms with van der Waals surface area (Å²) in [7, 11) is -2.16. The van der Waals surface area contributed by atoms with E-state index in [2.05, 4.69) is 4.98 Å². The van der Waals surface area contributed by atoms with E-state index in [0.29, 0.717) is 22.3 Å². The first-order valence-electron chi connectivity index (χ1n) is 7.61. The van der Waals surface area contributed by atoms with E-state index < -0.39 is 10.0 Å². The van der Waals surface area contributed by atoms with Crippen molar-refractivity contribution < 1.29 is 13.2 Å². The number of nitrogens with zero attached hydrogens (tertiary/aromatic N) is 2. The molecule has 3 rings (SSSR count). The van der Waals surface area contributed by atoms with E-state index in [-0.39, 0.29) is 4.90 Å². The van der Waals surface area contributed by atoms with Gasteiger partial charge < -0.3 is 4.74 Å². The zero-order valence-corrected chi connectivity index (χ0v) is 15.2. The molecule has 0 unspecified atom stereocenters. The summed E-state index contributed by atoms with van der Waals surface area (Å²) in [5.74, 6) is 0.674. The van der Waals surface area contributed by atoms with Gasteiger partial charge in [0.1, 0.15) is 12.1 Å². The van der Waals surface area contributed by atoms with Crippen LogP contribution in [0.1, 0.15) is 22.3 Å². The Bertz CT molecular complexity index is 1050. The Labute approximate surface area is 142 Å². The monoisotopic (exact) mass is 344 g/mol. The number of rotatable bonds is 3. The molecule has 0 aliphatic carbocycles. The number of ether oxygens (including phenoxy) is 1. The van der Waals surface area contributed by atoms with Crippen LogP contribution in [0.2, 0.25) is 0 Å². The molecular formula is C18H20N2O3S. The van der Waals surface area contributed by atoms with Crippen LogP contribution in [0.5, 0.6) is 5.75 Å². The number of benzene rings is 2. The summed E-state index contributed by atoms with van der Waals surface area (Å²) in [6.07, 6.45) is 1.37. The van der Waals surface area contributed by atoms with Gasteiger partial charge in [-0.2, -0.15) is 0 Å². The summed E-state index contributed by atoms with van der Waals surface area (Å²) < 4.78 is 32.8. The lowest BCUT2D eigenvalue weighted by Crippen LogP contribution is -2.14. The standard InChI is InChI=1S/C18H20N2O3S/c1-11-8-15-16(9-12(11)2)20(10-19-15)24(21,22)18-7-6-17(23-5)13(3)14(18)4/h6-10H,1-5H3. The third-order valence-electron chi connectivity index (χ3n) is 4.57. The van der Waals surface area contributed by atoms with E-state index in [4.69, 9.17) is 4.74 Å². The molecule has 1 aromatic heterocycles. The molecule has 0 aliphatic heterocycles. The van der Waals surface area contributed by atoms with E-state index in [0.717, 1.165) is 16.7 Å². The van der Waals surface area contributed by atoms with E-state index in [1.807, 2.05) is 32.9 Å². The highest BCUT2D eigenvalue weighted by Gasteiger charge is 2.23. The van der Waals surface area contributed by atoms with Crippen LogP contribution in [0.15, 0.2) is 35.5 Å². The zero-order chi connectivity index (χ0) is 17.6. The second-order valence-corrected chi connectivity index (χ2v) is 7.77. The molecule has 0 fully saturated rings. The lowest BCUT2D eigenvalue weighted by Gasteiger charge is -2.14. The van der Waals surface area contributed by atoms with E-state index >= 15 is 0 Å². The summed E-state index contributed by atoms with van der Waals surface area (Å²) in [5, 5.41) is 0. The Balaban J connectivity index is 2.26. The van der Waals surface area contributed by atoms with Crippen molar-refractivity contribution in [2.75, 3.05) is 7.11 Å². The average molecular weight is 344 g/mol. The van der Waals surface area contributed by atoms with Gasteiger partial charge in [0, 0.05) is 0 Å². The van der Waals surface area contributed by atoms with Gasteiger partial charge in [-0.25, -0.2) is 17.4 Å². The Morgan fingerprint density at radius 3 is 2.33 bits per heavy atom. The number of hydrogen-bond donors (Lipinski definition) is 0. The van der Waals surface area contributed by atoms with Gasteiger partial charge in [-0.15, -0.1) is 0 Å². The van der Waals surface area contributed by atoms with Crippen molar-refractivity contribution in [3.63, 3.8) is 0 Å². The van der Waals surface area contributed by atoms with Crippen LogP contribution in [-0.2, 0) is 10.0 Å². The molecular weight excluding hydrogens is 324 g/mol. The van der Waals surface area contributed by atoms with E-state index in [1.54, 1.807) is 26.2 Å². The van der Waals surface area contributed by atoms with Gasteiger partial charge in [0.25, 0.3) is 10.0 Å². The van der Waals surface area contributed by atoms with E-state index in [1.165, 1.54) is 10.3 Å². The first-order chi connectivity index (χ1) is 11.3. The van der Waals surface area contributed by atoms with Crippen molar-refractivity contribution in [3.8, 4) is 5.75 Å². The molecule has 0 atom stereocenters. The molecule has 24 heavy (non-hydrogen) atoms. The van der Waals surface area contributed by atoms with Gasteiger partial charge in [-0.3, -0.25) is 0 Å². The number of aryl methyl sites for hydroxylation is 2. The molecule has 0 amide bonds. The molecule has 0 saturated heterocycles. The number of aromatic nitrogens is 2. The number of imidazole rings is 1. The first kappa shape index (κ1) is 16.5. The molecule has 6 heteroatoms. The Kier molecular flexibility index (Phi) is 3.87. The minimum Gasteiger partial charge on any atom is -0.496 e. The molecule has 0 bridgehead atoms. The largest absolute Gasteiger partial charge is 0.496 e. The Morgan fingerprint density at radius 1 is 1.00 bits per heavy atom. The molecule has 0 radical (unpaired) electrons. The minimum absolute atomic E-state index is 0.262. The normalized spacial score (nSPS) is 11.9. The minimum atomic E-state index is -3.73. The fourth-order valence-corrected chi connectivity index (χ4v) is 4.38. The van der Waals surface area contributed by atoms with Crippen LogP contribution in [-0.4, -0.2) is 24.5 Å². The highest BCUT2D eigenvalue weighted by atomic mass is 32.2. The molecule has 1 heterocycles. The maximum Gasteiger partial charge on any atom is 0.269 e. The molecule has 0 spiro atoms. The van der Waals surface area contributed by atoms with Crippen molar-refractivity contribution >= 4 is 21.1 Å². The highest BCUT2D eigenvalue weighted by molar-refractivity contribution is 7.90. The Hall–Kier alpha value is -2.34. The summed E-state index contributed by atoms with van der Waals surface area (Å²) in [6, 6.07) is 7.04. The third-order valence-corrected chi connectivity index (χ3v) is 6.38. The van der Waals surface area contributed by atoms with Crippen molar-refractivity contribution in [2.45, 2.75) is 32.6 Å². The maximum absolute atomic E-state index is 13.2. The predicted molar refractivity (Wildman–Crippen MR) is 94.3 cm³/mol. The highest BCUT2D eigenvalue weighted by Crippen LogP contribution is 2.30. The smallest absolute Gasteiger partial charge is 0.269 e. The fourth-order valence-electron chi connectivity index (χ4n) is 2.81. The van der Waals surface area contributed by atoms with Gasteiger partial charge in [0.05, 0.1) is 23.0 Å². The van der Waals surface area contributed by atoms with Crippen molar-refractivity contribution in [3.05, 3.63) is 52.8 Å². The lowest BCUT2D eigenvalue weighted by molar-refractivity contribution is 0.410. The molecule has 3 aromatic rings. The van der Waals surface area contributed by atoms with Crippen LogP contribution in [0, 0.1) is 27.7 Å². The maximum atomic E-state index is 13.2. The van der Waals surface area contributed by atoms with Gasteiger partial charge >= 0.3 is 0 Å². The molecule has 126 valence electrons. The Morgan fingerprint density at radius 2 is 1.67 bits per heavy atom. The van der Waals surface area contributed by atoms with Crippen LogP contribution in [0.25, 0.3) is 11.0 Å². The van der Waals surface area contributed by atoms with Crippen LogP contribution < -0.4 is 4.74 Å². The van der Waals surface area contributed by atoms with Gasteiger partial charge in [0.15, 0.2) is 0 Å². The summed E-state index contributed by atoms with van der Waals surface area (Å²) >= 11 is 0. The van der Waals surface area contributed by atoms with Gasteiger partial charge in [-0.1, -0.05) is 0 Å². The predicted octanol–water partition coefficient (Wildman–Crippen LogP) is 3.52. The lowest BCUT2D eigenvalue weighted by atomic mass is 10.1. The SMILES string of the molecule is COc1ccc(S(=O)(=O)n2cnc3cc(C)c(C)cc32)c(C)c1C. The van der Waals surface area contributed by atoms with Crippen molar-refractivity contribution in [2.24, 2.45) is 0 Å². The van der Waals surface area contributed by atoms with E-state index in [9.17, 15) is 8.42 Å². The topological polar surface area (TPSA) is 61.2 Å². The quantitative estimate of drug-likeness (QED) is 0.729. The number of fused-ring (bicyclic) bond motifs is 1. The second-order valence-electron chi connectivity index (χ2n) is 5.99. The number of hydrogen-bond acceptors (Lipinski definition) is 4. The summed E-state index contributed by atoms with van der Waals surface area (Å²) in [6.45, 7) is 7.59. The first-order valence-corrected chi connectivity index (χ1v) is 9.05. The van der Waals surface area contributed by atoms with Gasteiger partial charge in [-0.05, 0) is 74.2 Å². The molecule has 2 aromatic carbocycles. The average Bonchev–Trinajstić information content (AvgIpc) is 2.93. The number of methoxy groups -OCH3 is 1. The van der Waals surface area contributed by atoms with Crippen LogP contribution in [0.4, 0.5) is 0 Å². The van der Waals surface area contributed by atoms with Crippen LogP contribution >= 0.6 is 0 Å². The van der Waals surface area contributed by atoms with Gasteiger partial charge in [0.2, 0.25) is 0 Å². The molecule has 0 saturated carbocycles. The zero-order valence-electron chi connectivity index (χ0n) is 14.4. The molecule has 0 aliphatic rings. The third kappa shape index (κ3) is 2.38. The summed E-state index contributed by atoms with van der Waals surface area (Å²) in [5.41, 5.74) is 4.87. The molecule has 0 N–H and O–H groups in total. The van der Waals surface area contributed by atoms with Crippen LogP contribution in [0.3, 0.4) is 0 Å². The van der Waals surface area contributed by atoms with Crippen molar-refractivity contribution in [1.29, 1.82) is 0 Å². The summed E-state index contributed by atoms with van der Waals surface area (Å²) in [4.78, 5) is 4.52. The molecule has 5 nitrogen and oxygen atoms in total.